The third-order valence-electron chi connectivity index (χ3n) is 2.57. The highest BCUT2D eigenvalue weighted by Gasteiger charge is 2.14. The predicted molar refractivity (Wildman–Crippen MR) is 70.9 cm³/mol. The summed E-state index contributed by atoms with van der Waals surface area (Å²) in [7, 11) is 3.36. The molecule has 19 heavy (non-hydrogen) atoms. The zero-order chi connectivity index (χ0) is 13.8. The lowest BCUT2D eigenvalue weighted by molar-refractivity contribution is 0.0825. The van der Waals surface area contributed by atoms with Crippen LogP contribution in [-0.4, -0.2) is 24.9 Å². The average molecular weight is 258 g/mol. The quantitative estimate of drug-likeness (QED) is 0.845. The minimum absolute atomic E-state index is 0.141. The van der Waals surface area contributed by atoms with Crippen molar-refractivity contribution in [1.82, 2.24) is 4.90 Å². The van der Waals surface area contributed by atoms with Crippen LogP contribution in [0.3, 0.4) is 0 Å². The fourth-order valence-corrected chi connectivity index (χ4v) is 1.60. The summed E-state index contributed by atoms with van der Waals surface area (Å²) in [4.78, 5) is 13.5. The summed E-state index contributed by atoms with van der Waals surface area (Å²) >= 11 is 0. The van der Waals surface area contributed by atoms with Gasteiger partial charge in [0.1, 0.15) is 17.3 Å². The van der Waals surface area contributed by atoms with Crippen LogP contribution in [0.25, 0.3) is 0 Å². The average Bonchev–Trinajstić information content (AvgIpc) is 2.41. The zero-order valence-corrected chi connectivity index (χ0v) is 10.8. The van der Waals surface area contributed by atoms with Crippen molar-refractivity contribution in [2.24, 2.45) is 0 Å². The maximum absolute atomic E-state index is 12.8. The lowest BCUT2D eigenvalue weighted by atomic mass is 10.2. The van der Waals surface area contributed by atoms with Gasteiger partial charge in [-0.1, -0.05) is 12.1 Å². The van der Waals surface area contributed by atoms with E-state index in [9.17, 15) is 9.18 Å². The molecule has 3 nitrogen and oxygen atoms in total. The summed E-state index contributed by atoms with van der Waals surface area (Å²) < 4.78 is 18.4. The Morgan fingerprint density at radius 2 is 1.68 bits per heavy atom. The summed E-state index contributed by atoms with van der Waals surface area (Å²) in [5.74, 6) is 0.468. The van der Waals surface area contributed by atoms with Crippen LogP contribution in [0.15, 0.2) is 48.5 Å². The number of rotatable bonds is 3. The Morgan fingerprint density at radius 3 is 2.32 bits per heavy atom. The Kier molecular flexibility index (Phi) is 3.80. The van der Waals surface area contributed by atoms with Crippen molar-refractivity contribution in [2.45, 2.75) is 0 Å². The van der Waals surface area contributed by atoms with Crippen LogP contribution in [0, 0.1) is 5.82 Å². The molecule has 2 rings (SSSR count). The van der Waals surface area contributed by atoms with Gasteiger partial charge in [-0.3, -0.25) is 4.79 Å². The van der Waals surface area contributed by atoms with Crippen molar-refractivity contribution < 1.29 is 13.9 Å². The Hall–Kier alpha value is -2.36. The van der Waals surface area contributed by atoms with Crippen molar-refractivity contribution in [3.63, 3.8) is 0 Å². The monoisotopic (exact) mass is 258 g/mol. The molecule has 0 saturated heterocycles. The number of benzene rings is 2. The molecule has 1 amide bonds. The van der Waals surface area contributed by atoms with Crippen LogP contribution in [0.5, 0.6) is 11.5 Å². The van der Waals surface area contributed by atoms with Crippen LogP contribution >= 0.6 is 0 Å². The van der Waals surface area contributed by atoms with Crippen molar-refractivity contribution in [3.8, 4) is 11.5 Å². The maximum Gasteiger partial charge on any atom is 0.257 e. The Bertz CT molecular complexity index is 579. The highest BCUT2D eigenvalue weighted by atomic mass is 18.2. The van der Waals surface area contributed by atoms with Crippen LogP contribution in [0.4, 0.5) is 4.39 Å². The molecule has 0 saturated carbocycles. The lowest BCUT2D eigenvalue weighted by Gasteiger charge is -2.14. The smallest absolute Gasteiger partial charge is 0.257 e. The van der Waals surface area contributed by atoms with Crippen molar-refractivity contribution in [3.05, 3.63) is 59.9 Å². The molecule has 0 aromatic heterocycles. The van der Waals surface area contributed by atoms with Gasteiger partial charge < -0.3 is 9.64 Å². The van der Waals surface area contributed by atoms with E-state index in [2.05, 4.69) is 0 Å². The van der Waals surface area contributed by atoms with E-state index in [1.54, 1.807) is 38.4 Å². The largest absolute Gasteiger partial charge is 0.457 e. The van der Waals surface area contributed by atoms with Gasteiger partial charge in [-0.25, -0.2) is 4.39 Å². The summed E-state index contributed by atoms with van der Waals surface area (Å²) in [6.07, 6.45) is 0. The predicted octanol–water partition coefficient (Wildman–Crippen LogP) is 3.32. The van der Waals surface area contributed by atoms with E-state index >= 15 is 0 Å². The molecule has 0 aliphatic heterocycles. The van der Waals surface area contributed by atoms with E-state index in [0.717, 1.165) is 0 Å². The molecule has 0 fully saturated rings. The van der Waals surface area contributed by atoms with Gasteiger partial charge in [-0.15, -0.1) is 0 Å². The maximum atomic E-state index is 12.8. The highest BCUT2D eigenvalue weighted by molar-refractivity contribution is 5.96. The first-order chi connectivity index (χ1) is 9.08. The van der Waals surface area contributed by atoms with Gasteiger partial charge in [0.2, 0.25) is 0 Å². The molecule has 0 spiro atoms. The van der Waals surface area contributed by atoms with Crippen LogP contribution in [0.1, 0.15) is 10.4 Å². The van der Waals surface area contributed by atoms with E-state index in [1.165, 1.54) is 29.2 Å². The van der Waals surface area contributed by atoms with Gasteiger partial charge in [0.25, 0.3) is 5.91 Å². The Balaban J connectivity index is 2.30. The fourth-order valence-electron chi connectivity index (χ4n) is 1.60. The number of halogens is 1. The van der Waals surface area contributed by atoms with Gasteiger partial charge in [0.05, 0.1) is 5.56 Å². The summed E-state index contributed by atoms with van der Waals surface area (Å²) in [6.45, 7) is 0. The molecular weight excluding hydrogens is 244 g/mol. The molecule has 0 radical (unpaired) electrons. The van der Waals surface area contributed by atoms with Crippen molar-refractivity contribution in [1.29, 1.82) is 0 Å². The SMILES string of the molecule is CN(C)C(=O)c1ccccc1Oc1ccc([18F])cc1. The standard InChI is InChI=1S/C15H14FNO2/c1-17(2)15(18)13-5-3-4-6-14(13)19-12-9-7-11(16)8-10-12/h3-10H,1-2H3/i16-1. The first-order valence-corrected chi connectivity index (χ1v) is 5.82. The molecule has 4 heteroatoms. The van der Waals surface area contributed by atoms with Gasteiger partial charge in [0.15, 0.2) is 0 Å². The molecule has 98 valence electrons. The van der Waals surface area contributed by atoms with Gasteiger partial charge in [0, 0.05) is 14.1 Å². The lowest BCUT2D eigenvalue weighted by Crippen LogP contribution is -2.22. The summed E-state index contributed by atoms with van der Waals surface area (Å²) in [5.41, 5.74) is 0.469. The Morgan fingerprint density at radius 1 is 1.05 bits per heavy atom. The van der Waals surface area contributed by atoms with Crippen molar-refractivity contribution in [2.75, 3.05) is 14.1 Å². The van der Waals surface area contributed by atoms with Gasteiger partial charge in [-0.05, 0) is 36.4 Å². The number of ether oxygens (including phenoxy) is 1. The second kappa shape index (κ2) is 5.52. The number of amides is 1. The third kappa shape index (κ3) is 3.10. The van der Waals surface area contributed by atoms with Crippen molar-refractivity contribution >= 4 is 5.91 Å². The number of carbonyl (C=O) groups excluding carboxylic acids is 1. The van der Waals surface area contributed by atoms with E-state index in [-0.39, 0.29) is 11.7 Å². The number of carbonyl (C=O) groups is 1. The molecule has 0 unspecified atom stereocenters. The summed E-state index contributed by atoms with van der Waals surface area (Å²) in [6, 6.07) is 12.6. The molecule has 2 aromatic rings. The zero-order valence-electron chi connectivity index (χ0n) is 10.8. The fraction of sp³-hybridized carbons (Fsp3) is 0.133. The third-order valence-corrected chi connectivity index (χ3v) is 2.57. The molecule has 0 bridgehead atoms. The molecule has 0 atom stereocenters. The van der Waals surface area contributed by atoms with Gasteiger partial charge >= 0.3 is 0 Å². The minimum Gasteiger partial charge on any atom is -0.457 e. The Labute approximate surface area is 111 Å². The van der Waals surface area contributed by atoms with Crippen LogP contribution < -0.4 is 4.74 Å². The number of para-hydroxylation sites is 1. The first-order valence-electron chi connectivity index (χ1n) is 5.82. The summed E-state index contributed by atoms with van der Waals surface area (Å²) in [5, 5.41) is 0. The molecule has 0 N–H and O–H groups in total. The highest BCUT2D eigenvalue weighted by Crippen LogP contribution is 2.26. The normalized spacial score (nSPS) is 10.1. The number of hydrogen-bond acceptors (Lipinski definition) is 2. The van der Waals surface area contributed by atoms with E-state index < -0.39 is 0 Å². The topological polar surface area (TPSA) is 29.5 Å². The van der Waals surface area contributed by atoms with Crippen LogP contribution in [0.2, 0.25) is 0 Å². The van der Waals surface area contributed by atoms with Crippen LogP contribution in [-0.2, 0) is 0 Å². The molecule has 0 aliphatic carbocycles. The van der Waals surface area contributed by atoms with Gasteiger partial charge in [-0.2, -0.15) is 0 Å². The molecular formula is C15H14FNO2. The minimum atomic E-state index is -0.329. The van der Waals surface area contributed by atoms with E-state index in [0.29, 0.717) is 17.1 Å². The first kappa shape index (κ1) is 13.1. The number of hydrogen-bond donors (Lipinski definition) is 0. The van der Waals surface area contributed by atoms with E-state index in [1.807, 2.05) is 0 Å². The second-order valence-electron chi connectivity index (χ2n) is 4.25. The molecule has 0 heterocycles. The number of nitrogens with zero attached hydrogens (tertiary/aromatic N) is 1. The van der Waals surface area contributed by atoms with E-state index in [4.69, 9.17) is 4.74 Å². The molecule has 0 aliphatic rings. The second-order valence-corrected chi connectivity index (χ2v) is 4.25. The molecule has 2 aromatic carbocycles.